The van der Waals surface area contributed by atoms with Gasteiger partial charge in [0.05, 0.1) is 16.6 Å². The standard InChI is InChI=1S/C35H23N3S/c1-3-10-24(11-4-1)37(25-12-5-2-6-13-25)26-17-19-27(20-18-26)38-30-22-21-29-28-14-7-8-16-32(28)39-35(29)33(30)34-31(38)15-9-23-36-34/h1-23H. The monoisotopic (exact) mass is 517 g/mol. The summed E-state index contributed by atoms with van der Waals surface area (Å²) in [6, 6.07) is 47.3. The lowest BCUT2D eigenvalue weighted by Crippen LogP contribution is -2.09. The Bertz CT molecular complexity index is 2070. The zero-order chi connectivity index (χ0) is 25.8. The fourth-order valence-corrected chi connectivity index (χ4v) is 6.97. The topological polar surface area (TPSA) is 21.1 Å². The summed E-state index contributed by atoms with van der Waals surface area (Å²) >= 11 is 1.86. The number of para-hydroxylation sites is 2. The van der Waals surface area contributed by atoms with Gasteiger partial charge in [0.1, 0.15) is 0 Å². The van der Waals surface area contributed by atoms with Gasteiger partial charge in [0, 0.05) is 54.5 Å². The van der Waals surface area contributed by atoms with Crippen LogP contribution in [0.5, 0.6) is 0 Å². The first-order valence-corrected chi connectivity index (χ1v) is 13.9. The first-order valence-electron chi connectivity index (χ1n) is 13.1. The van der Waals surface area contributed by atoms with Crippen molar-refractivity contribution in [2.24, 2.45) is 0 Å². The summed E-state index contributed by atoms with van der Waals surface area (Å²) in [6.45, 7) is 0. The van der Waals surface area contributed by atoms with E-state index >= 15 is 0 Å². The van der Waals surface area contributed by atoms with Gasteiger partial charge in [0.25, 0.3) is 0 Å². The van der Waals surface area contributed by atoms with Crippen LogP contribution in [0.3, 0.4) is 0 Å². The molecule has 3 nitrogen and oxygen atoms in total. The van der Waals surface area contributed by atoms with Crippen molar-refractivity contribution >= 4 is 70.5 Å². The molecule has 0 radical (unpaired) electrons. The van der Waals surface area contributed by atoms with E-state index in [0.717, 1.165) is 33.8 Å². The molecule has 0 aliphatic heterocycles. The minimum atomic E-state index is 1.05. The van der Waals surface area contributed by atoms with E-state index in [0.29, 0.717) is 0 Å². The Labute approximate surface area is 229 Å². The maximum absolute atomic E-state index is 4.88. The molecule has 184 valence electrons. The van der Waals surface area contributed by atoms with Crippen molar-refractivity contribution in [2.45, 2.75) is 0 Å². The van der Waals surface area contributed by atoms with E-state index in [1.54, 1.807) is 0 Å². The highest BCUT2D eigenvalue weighted by atomic mass is 32.1. The molecule has 5 aromatic carbocycles. The Morgan fingerprint density at radius 3 is 1.95 bits per heavy atom. The number of benzene rings is 5. The van der Waals surface area contributed by atoms with Crippen molar-refractivity contribution in [3.63, 3.8) is 0 Å². The molecule has 8 aromatic rings. The average Bonchev–Trinajstić information content (AvgIpc) is 3.55. The van der Waals surface area contributed by atoms with Crippen LogP contribution in [0.25, 0.3) is 47.8 Å². The second kappa shape index (κ2) is 8.83. The van der Waals surface area contributed by atoms with Gasteiger partial charge in [-0.1, -0.05) is 60.7 Å². The lowest BCUT2D eigenvalue weighted by atomic mass is 10.1. The zero-order valence-corrected chi connectivity index (χ0v) is 21.8. The van der Waals surface area contributed by atoms with Crippen LogP contribution >= 0.6 is 11.3 Å². The van der Waals surface area contributed by atoms with Crippen LogP contribution in [-0.2, 0) is 0 Å². The molecule has 3 aromatic heterocycles. The number of hydrogen-bond donors (Lipinski definition) is 0. The predicted molar refractivity (Wildman–Crippen MR) is 166 cm³/mol. The van der Waals surface area contributed by atoms with Crippen molar-refractivity contribution in [3.8, 4) is 5.69 Å². The minimum Gasteiger partial charge on any atom is -0.311 e. The molecule has 0 fully saturated rings. The fourth-order valence-electron chi connectivity index (χ4n) is 5.72. The van der Waals surface area contributed by atoms with Gasteiger partial charge in [-0.25, -0.2) is 0 Å². The second-order valence-corrected chi connectivity index (χ2v) is 10.7. The summed E-state index contributed by atoms with van der Waals surface area (Å²) in [7, 11) is 0. The Kier molecular flexibility index (Phi) is 5.00. The summed E-state index contributed by atoms with van der Waals surface area (Å²) in [4.78, 5) is 7.17. The van der Waals surface area contributed by atoms with Gasteiger partial charge in [-0.3, -0.25) is 4.98 Å². The number of hydrogen-bond acceptors (Lipinski definition) is 3. The largest absolute Gasteiger partial charge is 0.311 e. The molecule has 0 aliphatic rings. The molecular formula is C35H23N3S. The van der Waals surface area contributed by atoms with E-state index in [4.69, 9.17) is 4.98 Å². The highest BCUT2D eigenvalue weighted by Gasteiger charge is 2.19. The molecule has 0 unspecified atom stereocenters. The molecule has 0 atom stereocenters. The Morgan fingerprint density at radius 1 is 0.538 bits per heavy atom. The SMILES string of the molecule is c1ccc(N(c2ccccc2)c2ccc(-n3c4cccnc4c4c5sc6ccccc6c5ccc43)cc2)cc1. The van der Waals surface area contributed by atoms with Gasteiger partial charge in [-0.15, -0.1) is 11.3 Å². The van der Waals surface area contributed by atoms with Gasteiger partial charge >= 0.3 is 0 Å². The highest BCUT2D eigenvalue weighted by Crippen LogP contribution is 2.43. The van der Waals surface area contributed by atoms with E-state index in [-0.39, 0.29) is 0 Å². The van der Waals surface area contributed by atoms with Crippen LogP contribution in [0, 0.1) is 0 Å². The van der Waals surface area contributed by atoms with Gasteiger partial charge < -0.3 is 9.47 Å². The number of thiophene rings is 1. The number of rotatable bonds is 4. The highest BCUT2D eigenvalue weighted by molar-refractivity contribution is 7.26. The van der Waals surface area contributed by atoms with Crippen LogP contribution in [0.15, 0.2) is 140 Å². The molecule has 0 N–H and O–H groups in total. The Balaban J connectivity index is 1.33. The van der Waals surface area contributed by atoms with Gasteiger partial charge in [-0.05, 0) is 72.8 Å². The third kappa shape index (κ3) is 3.46. The summed E-state index contributed by atoms with van der Waals surface area (Å²) in [5.74, 6) is 0. The van der Waals surface area contributed by atoms with Crippen LogP contribution < -0.4 is 4.90 Å². The van der Waals surface area contributed by atoms with Crippen LogP contribution in [-0.4, -0.2) is 9.55 Å². The third-order valence-corrected chi connectivity index (χ3v) is 8.63. The molecular weight excluding hydrogens is 494 g/mol. The quantitative estimate of drug-likeness (QED) is 0.232. The van der Waals surface area contributed by atoms with Gasteiger partial charge in [0.2, 0.25) is 0 Å². The molecule has 0 saturated heterocycles. The summed E-state index contributed by atoms with van der Waals surface area (Å²) < 4.78 is 4.95. The number of aromatic nitrogens is 2. The normalized spacial score (nSPS) is 11.6. The molecule has 0 saturated carbocycles. The van der Waals surface area contributed by atoms with E-state index in [1.165, 1.54) is 31.1 Å². The van der Waals surface area contributed by atoms with Gasteiger partial charge in [0.15, 0.2) is 0 Å². The number of fused-ring (bicyclic) bond motifs is 7. The molecule has 39 heavy (non-hydrogen) atoms. The van der Waals surface area contributed by atoms with Crippen molar-refractivity contribution in [1.29, 1.82) is 0 Å². The summed E-state index contributed by atoms with van der Waals surface area (Å²) in [5.41, 5.74) is 7.83. The molecule has 0 bridgehead atoms. The lowest BCUT2D eigenvalue weighted by Gasteiger charge is -2.25. The van der Waals surface area contributed by atoms with Crippen LogP contribution in [0.1, 0.15) is 0 Å². The minimum absolute atomic E-state index is 1.05. The third-order valence-electron chi connectivity index (χ3n) is 7.42. The molecule has 0 aliphatic carbocycles. The van der Waals surface area contributed by atoms with Crippen molar-refractivity contribution < 1.29 is 0 Å². The molecule has 0 spiro atoms. The smallest absolute Gasteiger partial charge is 0.0977 e. The van der Waals surface area contributed by atoms with E-state index in [1.807, 2.05) is 23.6 Å². The first-order chi connectivity index (χ1) is 19.4. The number of anilines is 3. The lowest BCUT2D eigenvalue weighted by molar-refractivity contribution is 1.17. The predicted octanol–water partition coefficient (Wildman–Crippen LogP) is 10.0. The van der Waals surface area contributed by atoms with Crippen molar-refractivity contribution in [1.82, 2.24) is 9.55 Å². The van der Waals surface area contributed by atoms with Crippen molar-refractivity contribution in [3.05, 3.63) is 140 Å². The fraction of sp³-hybridized carbons (Fsp3) is 0. The number of nitrogens with zero attached hydrogens (tertiary/aromatic N) is 3. The molecule has 3 heterocycles. The van der Waals surface area contributed by atoms with E-state index < -0.39 is 0 Å². The van der Waals surface area contributed by atoms with E-state index in [2.05, 4.69) is 137 Å². The molecule has 4 heteroatoms. The average molecular weight is 518 g/mol. The number of pyridine rings is 1. The zero-order valence-electron chi connectivity index (χ0n) is 21.0. The van der Waals surface area contributed by atoms with E-state index in [9.17, 15) is 0 Å². The summed E-state index contributed by atoms with van der Waals surface area (Å²) in [6.07, 6.45) is 1.90. The second-order valence-electron chi connectivity index (χ2n) is 9.66. The Hall–Kier alpha value is -4.93. The Morgan fingerprint density at radius 2 is 1.21 bits per heavy atom. The van der Waals surface area contributed by atoms with Crippen LogP contribution in [0.4, 0.5) is 17.1 Å². The summed E-state index contributed by atoms with van der Waals surface area (Å²) in [5, 5.41) is 3.83. The maximum Gasteiger partial charge on any atom is 0.0977 e. The first kappa shape index (κ1) is 22.1. The van der Waals surface area contributed by atoms with Crippen molar-refractivity contribution in [2.75, 3.05) is 4.90 Å². The molecule has 0 amide bonds. The maximum atomic E-state index is 4.88. The molecule has 8 rings (SSSR count). The van der Waals surface area contributed by atoms with Gasteiger partial charge in [-0.2, -0.15) is 0 Å². The van der Waals surface area contributed by atoms with Crippen LogP contribution in [0.2, 0.25) is 0 Å².